The molecule has 1 aromatic rings. The first-order chi connectivity index (χ1) is 20.3. The summed E-state index contributed by atoms with van der Waals surface area (Å²) >= 11 is 0. The van der Waals surface area contributed by atoms with Crippen LogP contribution in [0, 0.1) is 52.3 Å². The van der Waals surface area contributed by atoms with Gasteiger partial charge in [-0.3, -0.25) is 9.35 Å². The number of rotatable bonds is 10. The molecule has 7 nitrogen and oxygen atoms in total. The monoisotopic (exact) mass is 617 g/mol. The minimum atomic E-state index is -4.24. The van der Waals surface area contributed by atoms with E-state index in [0.29, 0.717) is 48.3 Å². The molecule has 0 spiro atoms. The molecule has 4 N–H and O–H groups in total. The summed E-state index contributed by atoms with van der Waals surface area (Å²) in [6.45, 7) is 9.40. The highest BCUT2D eigenvalue weighted by Gasteiger charge is 2.64. The van der Waals surface area contributed by atoms with Gasteiger partial charge in [0.2, 0.25) is 5.91 Å². The van der Waals surface area contributed by atoms with E-state index in [1.165, 1.54) is 0 Å². The molecule has 4 aliphatic carbocycles. The minimum absolute atomic E-state index is 0.133. The van der Waals surface area contributed by atoms with Crippen LogP contribution < -0.4 is 5.32 Å². The number of aliphatic hydroxyl groups is 2. The molecule has 1 amide bonds. The van der Waals surface area contributed by atoms with Crippen LogP contribution in [0.2, 0.25) is 0 Å². The number of amides is 1. The highest BCUT2D eigenvalue weighted by molar-refractivity contribution is 7.85. The standard InChI is InChI=1S/C35H55NO6S/c1-5-26-30-20-25(37)15-17-35(30,4)29-16-18-34(3)27(12-13-28(34)32(29)33(26)39)22(2)11-14-31(38)36-24(21-43(40,41)42)19-23-9-7-6-8-10-23/h6-10,22,24-30,32-33,37,39H,5,11-21H2,1-4H3,(H,36,38)(H,40,41,42). The predicted molar refractivity (Wildman–Crippen MR) is 169 cm³/mol. The van der Waals surface area contributed by atoms with Gasteiger partial charge in [0.05, 0.1) is 18.0 Å². The summed E-state index contributed by atoms with van der Waals surface area (Å²) in [5.41, 5.74) is 1.23. The van der Waals surface area contributed by atoms with Gasteiger partial charge in [-0.25, -0.2) is 0 Å². The van der Waals surface area contributed by atoms with Crippen LogP contribution >= 0.6 is 0 Å². The number of hydrogen-bond acceptors (Lipinski definition) is 5. The van der Waals surface area contributed by atoms with Crippen LogP contribution in [0.5, 0.6) is 0 Å². The molecule has 0 heterocycles. The van der Waals surface area contributed by atoms with Gasteiger partial charge >= 0.3 is 0 Å². The molecule has 0 saturated heterocycles. The maximum Gasteiger partial charge on any atom is 0.266 e. The van der Waals surface area contributed by atoms with Gasteiger partial charge in [0.15, 0.2) is 0 Å². The van der Waals surface area contributed by atoms with Crippen LogP contribution in [-0.4, -0.2) is 53.1 Å². The molecule has 4 aliphatic rings. The van der Waals surface area contributed by atoms with E-state index in [1.54, 1.807) is 0 Å². The highest BCUT2D eigenvalue weighted by Crippen LogP contribution is 2.69. The molecule has 8 heteroatoms. The summed E-state index contributed by atoms with van der Waals surface area (Å²) in [4.78, 5) is 13.1. The van der Waals surface area contributed by atoms with Crippen molar-refractivity contribution in [1.29, 1.82) is 0 Å². The lowest BCUT2D eigenvalue weighted by Gasteiger charge is -2.64. The van der Waals surface area contributed by atoms with E-state index in [1.807, 2.05) is 30.3 Å². The summed E-state index contributed by atoms with van der Waals surface area (Å²) in [6.07, 6.45) is 9.11. The lowest BCUT2D eigenvalue weighted by atomic mass is 9.41. The SMILES string of the molecule is CCC1C(O)C2C3CCC(C(C)CCC(=O)NC(Cc4ccccc4)CS(=O)(=O)O)C3(C)CCC2C2(C)CCC(O)CC12. The van der Waals surface area contributed by atoms with Gasteiger partial charge in [-0.15, -0.1) is 0 Å². The fraction of sp³-hybridized carbons (Fsp3) is 0.800. The quantitative estimate of drug-likeness (QED) is 0.252. The Bertz CT molecular complexity index is 1220. The second-order valence-corrected chi connectivity index (χ2v) is 16.8. The number of benzene rings is 1. The molecule has 43 heavy (non-hydrogen) atoms. The van der Waals surface area contributed by atoms with Crippen molar-refractivity contribution in [2.24, 2.45) is 52.3 Å². The number of aliphatic hydroxyl groups excluding tert-OH is 2. The molecular formula is C35H55NO6S. The van der Waals surface area contributed by atoms with Crippen molar-refractivity contribution in [3.63, 3.8) is 0 Å². The number of hydrogen-bond donors (Lipinski definition) is 4. The van der Waals surface area contributed by atoms with Gasteiger partial charge in [0, 0.05) is 12.5 Å². The smallest absolute Gasteiger partial charge is 0.266 e. The predicted octanol–water partition coefficient (Wildman–Crippen LogP) is 5.64. The van der Waals surface area contributed by atoms with Crippen molar-refractivity contribution in [3.8, 4) is 0 Å². The summed E-state index contributed by atoms with van der Waals surface area (Å²) in [7, 11) is -4.24. The largest absolute Gasteiger partial charge is 0.393 e. The fourth-order valence-corrected chi connectivity index (χ4v) is 11.8. The zero-order valence-electron chi connectivity index (χ0n) is 26.6. The van der Waals surface area contributed by atoms with E-state index in [4.69, 9.17) is 0 Å². The zero-order valence-corrected chi connectivity index (χ0v) is 27.4. The van der Waals surface area contributed by atoms with Crippen molar-refractivity contribution in [2.75, 3.05) is 5.75 Å². The topological polar surface area (TPSA) is 124 Å². The van der Waals surface area contributed by atoms with E-state index >= 15 is 0 Å². The molecule has 242 valence electrons. The maximum absolute atomic E-state index is 13.1. The molecule has 1 aromatic carbocycles. The Morgan fingerprint density at radius 1 is 1.00 bits per heavy atom. The first kappa shape index (κ1) is 32.9. The van der Waals surface area contributed by atoms with Gasteiger partial charge in [-0.1, -0.05) is 64.4 Å². The molecule has 4 fully saturated rings. The lowest BCUT2D eigenvalue weighted by molar-refractivity contribution is -0.203. The third kappa shape index (κ3) is 6.59. The van der Waals surface area contributed by atoms with Crippen molar-refractivity contribution >= 4 is 16.0 Å². The van der Waals surface area contributed by atoms with E-state index in [0.717, 1.165) is 63.4 Å². The van der Waals surface area contributed by atoms with Crippen LogP contribution in [0.3, 0.4) is 0 Å². The Hall–Kier alpha value is -1.48. The van der Waals surface area contributed by atoms with Gasteiger partial charge in [-0.05, 0) is 116 Å². The highest BCUT2D eigenvalue weighted by atomic mass is 32.2. The van der Waals surface area contributed by atoms with E-state index in [2.05, 4.69) is 33.0 Å². The van der Waals surface area contributed by atoms with Crippen LogP contribution in [0.15, 0.2) is 30.3 Å². The van der Waals surface area contributed by atoms with E-state index in [9.17, 15) is 28.0 Å². The summed E-state index contributed by atoms with van der Waals surface area (Å²) < 4.78 is 32.8. The second-order valence-electron chi connectivity index (χ2n) is 15.3. The Labute approximate surface area is 259 Å². The third-order valence-corrected chi connectivity index (χ3v) is 13.9. The third-order valence-electron chi connectivity index (χ3n) is 13.1. The summed E-state index contributed by atoms with van der Waals surface area (Å²) in [5, 5.41) is 25.4. The van der Waals surface area contributed by atoms with Gasteiger partial charge in [-0.2, -0.15) is 8.42 Å². The van der Waals surface area contributed by atoms with Gasteiger partial charge < -0.3 is 15.5 Å². The average Bonchev–Trinajstić information content (AvgIpc) is 3.30. The molecule has 12 unspecified atom stereocenters. The van der Waals surface area contributed by atoms with Crippen molar-refractivity contribution < 1.29 is 28.0 Å². The number of carbonyl (C=O) groups is 1. The van der Waals surface area contributed by atoms with Crippen molar-refractivity contribution in [3.05, 3.63) is 35.9 Å². The molecule has 0 aromatic heterocycles. The number of nitrogens with one attached hydrogen (secondary N) is 1. The summed E-state index contributed by atoms with van der Waals surface area (Å²) in [6, 6.07) is 8.73. The Kier molecular flexibility index (Phi) is 9.74. The molecular weight excluding hydrogens is 562 g/mol. The zero-order chi connectivity index (χ0) is 31.2. The Morgan fingerprint density at radius 2 is 1.67 bits per heavy atom. The average molecular weight is 618 g/mol. The second kappa shape index (κ2) is 12.7. The lowest BCUT2D eigenvalue weighted by Crippen LogP contribution is -2.62. The van der Waals surface area contributed by atoms with Crippen LogP contribution in [-0.2, 0) is 21.3 Å². The molecule has 5 rings (SSSR count). The minimum Gasteiger partial charge on any atom is -0.393 e. The Balaban J connectivity index is 1.24. The first-order valence-electron chi connectivity index (χ1n) is 16.9. The molecule has 12 atom stereocenters. The molecule has 4 saturated carbocycles. The van der Waals surface area contributed by atoms with Crippen molar-refractivity contribution in [2.45, 2.75) is 117 Å². The Morgan fingerprint density at radius 3 is 2.35 bits per heavy atom. The maximum atomic E-state index is 13.1. The van der Waals surface area contributed by atoms with Gasteiger partial charge in [0.25, 0.3) is 10.1 Å². The fourth-order valence-electron chi connectivity index (χ4n) is 11.1. The van der Waals surface area contributed by atoms with Crippen LogP contribution in [0.1, 0.15) is 97.5 Å². The van der Waals surface area contributed by atoms with Crippen LogP contribution in [0.25, 0.3) is 0 Å². The van der Waals surface area contributed by atoms with E-state index < -0.39 is 21.9 Å². The van der Waals surface area contributed by atoms with Crippen LogP contribution in [0.4, 0.5) is 0 Å². The van der Waals surface area contributed by atoms with Crippen molar-refractivity contribution in [1.82, 2.24) is 5.32 Å². The normalized spacial score (nSPS) is 40.5. The molecule has 0 aliphatic heterocycles. The number of fused-ring (bicyclic) bond motifs is 5. The molecule has 0 radical (unpaired) electrons. The first-order valence-corrected chi connectivity index (χ1v) is 18.5. The summed E-state index contributed by atoms with van der Waals surface area (Å²) in [5.74, 6) is 2.06. The molecule has 0 bridgehead atoms. The number of carbonyl (C=O) groups excluding carboxylic acids is 1. The van der Waals surface area contributed by atoms with Gasteiger partial charge in [0.1, 0.15) is 0 Å². The van der Waals surface area contributed by atoms with E-state index in [-0.39, 0.29) is 34.9 Å².